The summed E-state index contributed by atoms with van der Waals surface area (Å²) in [5.41, 5.74) is 0.714. The van der Waals surface area contributed by atoms with Crippen LogP contribution in [-0.2, 0) is 11.2 Å². The van der Waals surface area contributed by atoms with Crippen molar-refractivity contribution in [2.75, 3.05) is 5.32 Å². The van der Waals surface area contributed by atoms with Crippen molar-refractivity contribution >= 4 is 22.2 Å². The van der Waals surface area contributed by atoms with Crippen molar-refractivity contribution in [3.05, 3.63) is 22.9 Å². The molecule has 1 rings (SSSR count). The number of aromatic nitrogens is 1. The van der Waals surface area contributed by atoms with Gasteiger partial charge < -0.3 is 5.32 Å². The number of hydrogen-bond acceptors (Lipinski definition) is 3. The summed E-state index contributed by atoms with van der Waals surface area (Å²) < 4.78 is 35.8. The summed E-state index contributed by atoms with van der Waals surface area (Å²) >= 11 is 1.26. The second kappa shape index (κ2) is 6.18. The fourth-order valence-electron chi connectivity index (χ4n) is 1.42. The van der Waals surface area contributed by atoms with Crippen LogP contribution in [0.1, 0.15) is 24.5 Å². The SMILES string of the molecule is Cc1nc(CC(C)C)c(NC(=O)/C=C/C(F)(F)F)s1. The van der Waals surface area contributed by atoms with E-state index in [2.05, 4.69) is 10.3 Å². The fraction of sp³-hybridized carbons (Fsp3) is 0.500. The average molecular weight is 292 g/mol. The molecule has 0 spiro atoms. The first-order valence-electron chi connectivity index (χ1n) is 5.70. The number of carbonyl (C=O) groups excluding carboxylic acids is 1. The quantitative estimate of drug-likeness (QED) is 0.860. The van der Waals surface area contributed by atoms with Crippen LogP contribution in [0, 0.1) is 12.8 Å². The minimum absolute atomic E-state index is 0.0850. The highest BCUT2D eigenvalue weighted by atomic mass is 32.1. The predicted octanol–water partition coefficient (Wildman–Crippen LogP) is 3.71. The van der Waals surface area contributed by atoms with Gasteiger partial charge in [0.1, 0.15) is 5.00 Å². The van der Waals surface area contributed by atoms with Gasteiger partial charge in [-0.25, -0.2) is 4.98 Å². The van der Waals surface area contributed by atoms with Crippen LogP contribution in [0.5, 0.6) is 0 Å². The molecule has 3 nitrogen and oxygen atoms in total. The minimum atomic E-state index is -4.48. The van der Waals surface area contributed by atoms with Crippen molar-refractivity contribution < 1.29 is 18.0 Å². The van der Waals surface area contributed by atoms with Crippen LogP contribution in [0.3, 0.4) is 0 Å². The van der Waals surface area contributed by atoms with Gasteiger partial charge in [-0.1, -0.05) is 13.8 Å². The molecule has 1 aromatic heterocycles. The summed E-state index contributed by atoms with van der Waals surface area (Å²) in [6.45, 7) is 5.80. The summed E-state index contributed by atoms with van der Waals surface area (Å²) in [6.07, 6.45) is -3.42. The lowest BCUT2D eigenvalue weighted by Gasteiger charge is -2.05. The highest BCUT2D eigenvalue weighted by Crippen LogP contribution is 2.26. The van der Waals surface area contributed by atoms with Crippen molar-refractivity contribution in [1.29, 1.82) is 0 Å². The van der Waals surface area contributed by atoms with Crippen LogP contribution >= 0.6 is 11.3 Å². The molecule has 0 radical (unpaired) electrons. The maximum Gasteiger partial charge on any atom is 0.409 e. The van der Waals surface area contributed by atoms with Gasteiger partial charge in [-0.15, -0.1) is 11.3 Å². The van der Waals surface area contributed by atoms with E-state index in [1.165, 1.54) is 11.3 Å². The number of amides is 1. The molecule has 0 unspecified atom stereocenters. The molecule has 1 heterocycles. The number of halogens is 3. The number of nitrogens with one attached hydrogen (secondary N) is 1. The van der Waals surface area contributed by atoms with Crippen molar-refractivity contribution in [1.82, 2.24) is 4.98 Å². The third-order valence-corrected chi connectivity index (χ3v) is 2.99. The monoisotopic (exact) mass is 292 g/mol. The molecule has 0 saturated carbocycles. The van der Waals surface area contributed by atoms with E-state index >= 15 is 0 Å². The number of aryl methyl sites for hydroxylation is 1. The number of nitrogens with zero attached hydrogens (tertiary/aromatic N) is 1. The average Bonchev–Trinajstić information content (AvgIpc) is 2.54. The Balaban J connectivity index is 2.76. The minimum Gasteiger partial charge on any atom is -0.313 e. The number of carbonyl (C=O) groups is 1. The Labute approximate surface area is 113 Å². The van der Waals surface area contributed by atoms with E-state index < -0.39 is 12.1 Å². The first-order valence-corrected chi connectivity index (χ1v) is 6.52. The number of alkyl halides is 3. The second-order valence-electron chi connectivity index (χ2n) is 4.47. The first kappa shape index (κ1) is 15.7. The summed E-state index contributed by atoms with van der Waals surface area (Å²) in [5.74, 6) is -0.450. The predicted molar refractivity (Wildman–Crippen MR) is 69.2 cm³/mol. The molecular formula is C12H15F3N2OS. The molecule has 0 aliphatic rings. The Bertz CT molecular complexity index is 478. The Kier molecular flexibility index (Phi) is 5.11. The lowest BCUT2D eigenvalue weighted by Crippen LogP contribution is -2.11. The standard InChI is InChI=1S/C12H15F3N2OS/c1-7(2)6-9-11(19-8(3)16-9)17-10(18)4-5-12(13,14)15/h4-5,7H,6H2,1-3H3,(H,17,18)/b5-4+. The van der Waals surface area contributed by atoms with E-state index in [1.54, 1.807) is 6.92 Å². The molecule has 7 heteroatoms. The molecule has 0 aliphatic carbocycles. The molecule has 0 aromatic carbocycles. The molecule has 1 N–H and O–H groups in total. The van der Waals surface area contributed by atoms with Crippen LogP contribution in [0.15, 0.2) is 12.2 Å². The molecule has 106 valence electrons. The Morgan fingerprint density at radius 1 is 1.47 bits per heavy atom. The number of rotatable bonds is 4. The Morgan fingerprint density at radius 2 is 2.11 bits per heavy atom. The van der Waals surface area contributed by atoms with Gasteiger partial charge in [0.25, 0.3) is 0 Å². The Morgan fingerprint density at radius 3 is 2.63 bits per heavy atom. The smallest absolute Gasteiger partial charge is 0.313 e. The van der Waals surface area contributed by atoms with Gasteiger partial charge in [0.2, 0.25) is 5.91 Å². The van der Waals surface area contributed by atoms with Gasteiger partial charge in [0.05, 0.1) is 10.7 Å². The maximum absolute atomic E-state index is 11.9. The van der Waals surface area contributed by atoms with Gasteiger partial charge in [0.15, 0.2) is 0 Å². The second-order valence-corrected chi connectivity index (χ2v) is 5.67. The molecular weight excluding hydrogens is 277 g/mol. The summed E-state index contributed by atoms with van der Waals surface area (Å²) in [5, 5.41) is 3.73. The van der Waals surface area contributed by atoms with Crippen LogP contribution < -0.4 is 5.32 Å². The van der Waals surface area contributed by atoms with E-state index in [1.807, 2.05) is 13.8 Å². The van der Waals surface area contributed by atoms with E-state index in [4.69, 9.17) is 0 Å². The summed E-state index contributed by atoms with van der Waals surface area (Å²) in [7, 11) is 0. The molecule has 1 amide bonds. The molecule has 19 heavy (non-hydrogen) atoms. The van der Waals surface area contributed by atoms with E-state index in [9.17, 15) is 18.0 Å². The molecule has 0 fully saturated rings. The molecule has 0 aliphatic heterocycles. The highest BCUT2D eigenvalue weighted by molar-refractivity contribution is 7.16. The van der Waals surface area contributed by atoms with Crippen molar-refractivity contribution in [3.63, 3.8) is 0 Å². The normalized spacial score (nSPS) is 12.4. The largest absolute Gasteiger partial charge is 0.409 e. The van der Waals surface area contributed by atoms with Crippen molar-refractivity contribution in [3.8, 4) is 0 Å². The first-order chi connectivity index (χ1) is 8.67. The van der Waals surface area contributed by atoms with Crippen LogP contribution in [0.25, 0.3) is 0 Å². The Hall–Kier alpha value is -1.37. The van der Waals surface area contributed by atoms with E-state index in [0.717, 1.165) is 5.01 Å². The van der Waals surface area contributed by atoms with Crippen LogP contribution in [-0.4, -0.2) is 17.1 Å². The third-order valence-electron chi connectivity index (χ3n) is 2.07. The lowest BCUT2D eigenvalue weighted by atomic mass is 10.1. The van der Waals surface area contributed by atoms with Gasteiger partial charge in [-0.3, -0.25) is 4.79 Å². The van der Waals surface area contributed by atoms with Gasteiger partial charge in [-0.05, 0) is 19.3 Å². The number of hydrogen-bond donors (Lipinski definition) is 1. The van der Waals surface area contributed by atoms with Gasteiger partial charge in [-0.2, -0.15) is 13.2 Å². The van der Waals surface area contributed by atoms with Crippen molar-refractivity contribution in [2.24, 2.45) is 5.92 Å². The summed E-state index contributed by atoms with van der Waals surface area (Å²) in [6, 6.07) is 0. The zero-order chi connectivity index (χ0) is 14.6. The molecule has 0 saturated heterocycles. The van der Waals surface area contributed by atoms with Crippen molar-refractivity contribution in [2.45, 2.75) is 33.4 Å². The van der Waals surface area contributed by atoms with Crippen LogP contribution in [0.4, 0.5) is 18.2 Å². The maximum atomic E-state index is 11.9. The highest BCUT2D eigenvalue weighted by Gasteiger charge is 2.22. The number of thiazole rings is 1. The van der Waals surface area contributed by atoms with Gasteiger partial charge >= 0.3 is 6.18 Å². The van der Waals surface area contributed by atoms with Gasteiger partial charge in [0, 0.05) is 12.2 Å². The zero-order valence-electron chi connectivity index (χ0n) is 10.8. The molecule has 0 atom stereocenters. The third kappa shape index (κ3) is 5.87. The topological polar surface area (TPSA) is 42.0 Å². The van der Waals surface area contributed by atoms with Crippen LogP contribution in [0.2, 0.25) is 0 Å². The van der Waals surface area contributed by atoms with E-state index in [0.29, 0.717) is 29.1 Å². The number of anilines is 1. The molecule has 0 bridgehead atoms. The number of allylic oxidation sites excluding steroid dienone is 1. The lowest BCUT2D eigenvalue weighted by molar-refractivity contribution is -0.112. The molecule has 1 aromatic rings. The zero-order valence-corrected chi connectivity index (χ0v) is 11.7. The summed E-state index contributed by atoms with van der Waals surface area (Å²) in [4.78, 5) is 15.7. The van der Waals surface area contributed by atoms with E-state index in [-0.39, 0.29) is 6.08 Å². The fourth-order valence-corrected chi connectivity index (χ4v) is 2.27.